The Labute approximate surface area is 122 Å². The highest BCUT2D eigenvalue weighted by atomic mass is 32.1. The predicted molar refractivity (Wildman–Crippen MR) is 84.6 cm³/mol. The van der Waals surface area contributed by atoms with Crippen LogP contribution in [0.25, 0.3) is 0 Å². The maximum absolute atomic E-state index is 6.47. The SMILES string of the molecule is CN(CCc1cccs1)CC1CCCC(C)(C)C1N. The fraction of sp³-hybridized carbons (Fsp3) is 0.750. The third kappa shape index (κ3) is 4.04. The molecule has 1 fully saturated rings. The largest absolute Gasteiger partial charge is 0.327 e. The average molecular weight is 280 g/mol. The zero-order valence-electron chi connectivity index (χ0n) is 12.6. The summed E-state index contributed by atoms with van der Waals surface area (Å²) in [5.74, 6) is 0.664. The highest BCUT2D eigenvalue weighted by Crippen LogP contribution is 2.37. The van der Waals surface area contributed by atoms with Gasteiger partial charge >= 0.3 is 0 Å². The smallest absolute Gasteiger partial charge is 0.0131 e. The quantitative estimate of drug-likeness (QED) is 0.896. The maximum atomic E-state index is 6.47. The third-order valence-electron chi connectivity index (χ3n) is 4.67. The number of nitrogens with two attached hydrogens (primary N) is 1. The molecule has 19 heavy (non-hydrogen) atoms. The number of hydrogen-bond donors (Lipinski definition) is 1. The van der Waals surface area contributed by atoms with Crippen LogP contribution in [0.2, 0.25) is 0 Å². The Bertz CT molecular complexity index is 372. The second kappa shape index (κ2) is 6.38. The lowest BCUT2D eigenvalue weighted by Crippen LogP contribution is -2.49. The fourth-order valence-corrected chi connectivity index (χ4v) is 3.95. The molecule has 1 heterocycles. The van der Waals surface area contributed by atoms with E-state index in [9.17, 15) is 0 Å². The van der Waals surface area contributed by atoms with E-state index in [2.05, 4.69) is 43.3 Å². The van der Waals surface area contributed by atoms with E-state index < -0.39 is 0 Å². The topological polar surface area (TPSA) is 29.3 Å². The molecule has 0 aliphatic heterocycles. The van der Waals surface area contributed by atoms with Crippen molar-refractivity contribution < 1.29 is 0 Å². The molecule has 0 bridgehead atoms. The first-order chi connectivity index (χ1) is 8.99. The molecule has 2 nitrogen and oxygen atoms in total. The summed E-state index contributed by atoms with van der Waals surface area (Å²) in [5.41, 5.74) is 6.79. The highest BCUT2D eigenvalue weighted by Gasteiger charge is 2.36. The lowest BCUT2D eigenvalue weighted by molar-refractivity contribution is 0.111. The van der Waals surface area contributed by atoms with Crippen molar-refractivity contribution >= 4 is 11.3 Å². The molecule has 0 radical (unpaired) electrons. The molecule has 108 valence electrons. The van der Waals surface area contributed by atoms with Crippen molar-refractivity contribution in [3.8, 4) is 0 Å². The van der Waals surface area contributed by atoms with E-state index in [1.165, 1.54) is 30.6 Å². The molecule has 0 spiro atoms. The van der Waals surface area contributed by atoms with Crippen LogP contribution in [0.4, 0.5) is 0 Å². The van der Waals surface area contributed by atoms with Gasteiger partial charge in [0.05, 0.1) is 0 Å². The van der Waals surface area contributed by atoms with Gasteiger partial charge < -0.3 is 10.6 Å². The van der Waals surface area contributed by atoms with Crippen molar-refractivity contribution in [3.63, 3.8) is 0 Å². The van der Waals surface area contributed by atoms with Crippen LogP contribution < -0.4 is 5.73 Å². The summed E-state index contributed by atoms with van der Waals surface area (Å²) in [7, 11) is 2.24. The van der Waals surface area contributed by atoms with E-state index in [1.807, 2.05) is 11.3 Å². The van der Waals surface area contributed by atoms with Gasteiger partial charge in [-0.25, -0.2) is 0 Å². The molecule has 2 unspecified atom stereocenters. The van der Waals surface area contributed by atoms with Crippen molar-refractivity contribution in [1.29, 1.82) is 0 Å². The van der Waals surface area contributed by atoms with E-state index in [1.54, 1.807) is 0 Å². The molecule has 0 saturated heterocycles. The number of likely N-dealkylation sites (N-methyl/N-ethyl adjacent to an activating group) is 1. The van der Waals surface area contributed by atoms with Gasteiger partial charge in [0.25, 0.3) is 0 Å². The van der Waals surface area contributed by atoms with E-state index in [-0.39, 0.29) is 0 Å². The molecule has 1 aliphatic rings. The number of hydrogen-bond acceptors (Lipinski definition) is 3. The van der Waals surface area contributed by atoms with Gasteiger partial charge in [-0.15, -0.1) is 11.3 Å². The van der Waals surface area contributed by atoms with Gasteiger partial charge in [-0.1, -0.05) is 26.3 Å². The molecular formula is C16H28N2S. The lowest BCUT2D eigenvalue weighted by Gasteiger charge is -2.43. The van der Waals surface area contributed by atoms with Crippen LogP contribution in [0, 0.1) is 11.3 Å². The molecule has 2 N–H and O–H groups in total. The first kappa shape index (κ1) is 15.0. The number of nitrogens with zero attached hydrogens (tertiary/aromatic N) is 1. The minimum Gasteiger partial charge on any atom is -0.327 e. The molecule has 2 atom stereocenters. The first-order valence-corrected chi connectivity index (χ1v) is 8.33. The predicted octanol–water partition coefficient (Wildman–Crippen LogP) is 3.38. The van der Waals surface area contributed by atoms with Crippen LogP contribution in [0.5, 0.6) is 0 Å². The Morgan fingerprint density at radius 3 is 2.95 bits per heavy atom. The average Bonchev–Trinajstić information content (AvgIpc) is 2.85. The molecule has 1 saturated carbocycles. The summed E-state index contributed by atoms with van der Waals surface area (Å²) in [6.45, 7) is 6.95. The molecule has 1 aliphatic carbocycles. The van der Waals surface area contributed by atoms with Crippen molar-refractivity contribution in [3.05, 3.63) is 22.4 Å². The van der Waals surface area contributed by atoms with Gasteiger partial charge in [0.2, 0.25) is 0 Å². The normalized spacial score (nSPS) is 26.8. The van der Waals surface area contributed by atoms with Crippen molar-refractivity contribution in [2.45, 2.75) is 45.6 Å². The highest BCUT2D eigenvalue weighted by molar-refractivity contribution is 7.09. The van der Waals surface area contributed by atoms with Gasteiger partial charge in [-0.2, -0.15) is 0 Å². The summed E-state index contributed by atoms with van der Waals surface area (Å²) in [6, 6.07) is 4.72. The zero-order chi connectivity index (χ0) is 13.9. The van der Waals surface area contributed by atoms with Crippen LogP contribution in [0.3, 0.4) is 0 Å². The van der Waals surface area contributed by atoms with Crippen LogP contribution in [-0.4, -0.2) is 31.1 Å². The summed E-state index contributed by atoms with van der Waals surface area (Å²) >= 11 is 1.86. The van der Waals surface area contributed by atoms with E-state index in [0.717, 1.165) is 13.1 Å². The lowest BCUT2D eigenvalue weighted by atomic mass is 9.68. The summed E-state index contributed by atoms with van der Waals surface area (Å²) in [6.07, 6.45) is 5.08. The molecule has 1 aromatic rings. The molecule has 2 rings (SSSR count). The Balaban J connectivity index is 1.79. The van der Waals surface area contributed by atoms with Gasteiger partial charge in [0.15, 0.2) is 0 Å². The van der Waals surface area contributed by atoms with E-state index in [0.29, 0.717) is 17.4 Å². The molecular weight excluding hydrogens is 252 g/mol. The Hall–Kier alpha value is -0.380. The van der Waals surface area contributed by atoms with Crippen LogP contribution >= 0.6 is 11.3 Å². The first-order valence-electron chi connectivity index (χ1n) is 7.45. The van der Waals surface area contributed by atoms with Gasteiger partial charge in [0.1, 0.15) is 0 Å². The number of thiophene rings is 1. The summed E-state index contributed by atoms with van der Waals surface area (Å²) in [4.78, 5) is 3.95. The zero-order valence-corrected chi connectivity index (χ0v) is 13.4. The van der Waals surface area contributed by atoms with Gasteiger partial charge in [-0.3, -0.25) is 0 Å². The third-order valence-corrected chi connectivity index (χ3v) is 5.61. The van der Waals surface area contributed by atoms with E-state index in [4.69, 9.17) is 5.73 Å². The second-order valence-corrected chi connectivity index (χ2v) is 7.79. The van der Waals surface area contributed by atoms with Gasteiger partial charge in [0, 0.05) is 24.0 Å². The summed E-state index contributed by atoms with van der Waals surface area (Å²) in [5, 5.41) is 2.16. The maximum Gasteiger partial charge on any atom is 0.0131 e. The van der Waals surface area contributed by atoms with Crippen molar-refractivity contribution in [2.24, 2.45) is 17.1 Å². The van der Waals surface area contributed by atoms with Crippen LogP contribution in [-0.2, 0) is 6.42 Å². The minimum absolute atomic E-state index is 0.317. The molecule has 1 aromatic heterocycles. The Morgan fingerprint density at radius 2 is 2.26 bits per heavy atom. The van der Waals surface area contributed by atoms with Gasteiger partial charge in [-0.05, 0) is 49.1 Å². The van der Waals surface area contributed by atoms with Crippen LogP contribution in [0.15, 0.2) is 17.5 Å². The molecule has 0 aromatic carbocycles. The van der Waals surface area contributed by atoms with Crippen molar-refractivity contribution in [1.82, 2.24) is 4.90 Å². The standard InChI is InChI=1S/C16H28N2S/c1-16(2)9-4-6-13(15(16)17)12-18(3)10-8-14-7-5-11-19-14/h5,7,11,13,15H,4,6,8-10,12,17H2,1-3H3. The van der Waals surface area contributed by atoms with E-state index >= 15 is 0 Å². The number of rotatable bonds is 5. The van der Waals surface area contributed by atoms with Crippen LogP contribution in [0.1, 0.15) is 38.0 Å². The fourth-order valence-electron chi connectivity index (χ4n) is 3.26. The molecule has 0 amide bonds. The second-order valence-electron chi connectivity index (χ2n) is 6.76. The Kier molecular flexibility index (Phi) is 5.04. The Morgan fingerprint density at radius 1 is 1.47 bits per heavy atom. The minimum atomic E-state index is 0.317. The summed E-state index contributed by atoms with van der Waals surface area (Å²) < 4.78 is 0. The van der Waals surface area contributed by atoms with Crippen molar-refractivity contribution in [2.75, 3.05) is 20.1 Å². The molecule has 3 heteroatoms. The monoisotopic (exact) mass is 280 g/mol.